The molecule has 0 amide bonds. The Kier molecular flexibility index (Phi) is 5.49. The molecule has 0 saturated carbocycles. The van der Waals surface area contributed by atoms with Crippen molar-refractivity contribution >= 4 is 15.5 Å². The van der Waals surface area contributed by atoms with Crippen LogP contribution in [0.25, 0.3) is 22.9 Å². The van der Waals surface area contributed by atoms with Crippen LogP contribution in [0.3, 0.4) is 0 Å². The van der Waals surface area contributed by atoms with E-state index < -0.39 is 61.4 Å². The fourth-order valence-corrected chi connectivity index (χ4v) is 4.21. The number of pyridine rings is 1. The number of rotatable bonds is 4. The molecule has 4 heterocycles. The van der Waals surface area contributed by atoms with E-state index in [1.165, 1.54) is 6.92 Å². The van der Waals surface area contributed by atoms with Gasteiger partial charge in [0.05, 0.1) is 10.6 Å². The molecule has 35 heavy (non-hydrogen) atoms. The van der Waals surface area contributed by atoms with Crippen LogP contribution in [0.1, 0.15) is 18.4 Å². The molecule has 0 radical (unpaired) electrons. The first kappa shape index (κ1) is 24.4. The van der Waals surface area contributed by atoms with E-state index in [1.807, 2.05) is 0 Å². The number of hydrogen-bond acceptors (Lipinski definition) is 7. The summed E-state index contributed by atoms with van der Waals surface area (Å²) in [5.74, 6) is -2.14. The third-order valence-electron chi connectivity index (χ3n) is 4.93. The Labute approximate surface area is 191 Å². The number of alkyl halides is 6. The van der Waals surface area contributed by atoms with Crippen LogP contribution in [0.4, 0.5) is 26.3 Å². The molecule has 4 aromatic heterocycles. The van der Waals surface area contributed by atoms with Gasteiger partial charge in [-0.05, 0) is 12.1 Å². The lowest BCUT2D eigenvalue weighted by Gasteiger charge is -2.11. The third-order valence-corrected chi connectivity index (χ3v) is 6.68. The van der Waals surface area contributed by atoms with Gasteiger partial charge in [0, 0.05) is 19.3 Å². The van der Waals surface area contributed by atoms with Crippen molar-refractivity contribution in [3.63, 3.8) is 0 Å². The van der Waals surface area contributed by atoms with Crippen LogP contribution in [0.5, 0.6) is 0 Å². The lowest BCUT2D eigenvalue weighted by molar-refractivity contribution is -0.145. The number of fused-ring (bicyclic) bond motifs is 1. The van der Waals surface area contributed by atoms with E-state index in [4.69, 9.17) is 0 Å². The maximum atomic E-state index is 13.3. The molecular formula is C18H13F6N7O3S. The van der Waals surface area contributed by atoms with Gasteiger partial charge in [0.25, 0.3) is 5.82 Å². The number of sulfone groups is 1. The molecule has 0 unspecified atom stereocenters. The summed E-state index contributed by atoms with van der Waals surface area (Å²) < 4.78 is 106. The zero-order valence-electron chi connectivity index (χ0n) is 17.6. The summed E-state index contributed by atoms with van der Waals surface area (Å²) >= 11 is 0. The average molecular weight is 521 g/mol. The minimum atomic E-state index is -4.88. The summed E-state index contributed by atoms with van der Waals surface area (Å²) in [5.41, 5.74) is -3.55. The fourth-order valence-electron chi connectivity index (χ4n) is 3.18. The van der Waals surface area contributed by atoms with E-state index >= 15 is 0 Å². The van der Waals surface area contributed by atoms with Gasteiger partial charge in [0.15, 0.2) is 15.7 Å². The van der Waals surface area contributed by atoms with Crippen molar-refractivity contribution in [1.29, 1.82) is 0 Å². The fraction of sp³-hybridized carbons (Fsp3) is 0.278. The van der Waals surface area contributed by atoms with Crippen molar-refractivity contribution in [1.82, 2.24) is 33.7 Å². The van der Waals surface area contributed by atoms with Gasteiger partial charge in [-0.3, -0.25) is 8.97 Å². The molecule has 0 aliphatic heterocycles. The number of imidazole rings is 1. The predicted octanol–water partition coefficient (Wildman–Crippen LogP) is 2.51. The molecule has 0 bridgehead atoms. The van der Waals surface area contributed by atoms with Crippen molar-refractivity contribution in [3.05, 3.63) is 52.7 Å². The van der Waals surface area contributed by atoms with Crippen LogP contribution in [0, 0.1) is 0 Å². The monoisotopic (exact) mass is 521 g/mol. The molecular weight excluding hydrogens is 508 g/mol. The van der Waals surface area contributed by atoms with Gasteiger partial charge in [-0.2, -0.15) is 26.3 Å². The Morgan fingerprint density at radius 1 is 1.03 bits per heavy atom. The molecule has 4 rings (SSSR count). The summed E-state index contributed by atoms with van der Waals surface area (Å²) in [6, 6.07) is 2.72. The summed E-state index contributed by atoms with van der Waals surface area (Å²) in [6.45, 7) is 1.33. The first-order valence-electron chi connectivity index (χ1n) is 9.53. The summed E-state index contributed by atoms with van der Waals surface area (Å²) in [4.78, 5) is 23.2. The molecule has 0 aromatic carbocycles. The lowest BCUT2D eigenvalue weighted by Crippen LogP contribution is -2.29. The van der Waals surface area contributed by atoms with E-state index in [0.717, 1.165) is 29.8 Å². The van der Waals surface area contributed by atoms with Crippen molar-refractivity contribution in [2.75, 3.05) is 5.75 Å². The number of hydrogen-bond donors (Lipinski definition) is 0. The van der Waals surface area contributed by atoms with Crippen LogP contribution < -0.4 is 5.69 Å². The van der Waals surface area contributed by atoms with E-state index in [0.29, 0.717) is 21.6 Å². The molecule has 0 aliphatic rings. The predicted molar refractivity (Wildman–Crippen MR) is 106 cm³/mol. The largest absolute Gasteiger partial charge is 0.453 e. The average Bonchev–Trinajstić information content (AvgIpc) is 3.42. The van der Waals surface area contributed by atoms with Gasteiger partial charge < -0.3 is 0 Å². The Balaban J connectivity index is 1.97. The van der Waals surface area contributed by atoms with Gasteiger partial charge in [0.1, 0.15) is 29.1 Å². The highest BCUT2D eigenvalue weighted by atomic mass is 32.2. The van der Waals surface area contributed by atoms with Gasteiger partial charge >= 0.3 is 18.0 Å². The molecule has 186 valence electrons. The minimum absolute atomic E-state index is 0.279. The highest BCUT2D eigenvalue weighted by Gasteiger charge is 2.36. The summed E-state index contributed by atoms with van der Waals surface area (Å²) in [7, 11) is -3.08. The highest BCUT2D eigenvalue weighted by molar-refractivity contribution is 7.91. The summed E-state index contributed by atoms with van der Waals surface area (Å²) in [5, 5.41) is 3.27. The maximum absolute atomic E-state index is 13.3. The molecule has 10 nitrogen and oxygen atoms in total. The molecule has 0 atom stereocenters. The molecule has 0 spiro atoms. The second kappa shape index (κ2) is 7.89. The van der Waals surface area contributed by atoms with Crippen LogP contribution >= 0.6 is 0 Å². The minimum Gasteiger partial charge on any atom is -0.292 e. The van der Waals surface area contributed by atoms with Crippen molar-refractivity contribution in [2.24, 2.45) is 7.05 Å². The smallest absolute Gasteiger partial charge is 0.292 e. The van der Waals surface area contributed by atoms with Gasteiger partial charge in [-0.25, -0.2) is 32.8 Å². The first-order chi connectivity index (χ1) is 16.1. The molecule has 0 saturated heterocycles. The second-order valence-corrected chi connectivity index (χ2v) is 9.40. The molecule has 0 aliphatic carbocycles. The van der Waals surface area contributed by atoms with Crippen LogP contribution in [0.15, 0.2) is 40.4 Å². The zero-order chi connectivity index (χ0) is 25.9. The lowest BCUT2D eigenvalue weighted by atomic mass is 10.3. The standard InChI is InChI=1S/C18H13F6N7O3S/c1-3-35(33,34)10-4-5-12(31-8-25-15(28-31)18(22,23)24)27-14(10)9-7-30-13(26-9)6-11(17(19,20)21)29(2)16(30)32/h4-8H,3H2,1-2H3. The van der Waals surface area contributed by atoms with Gasteiger partial charge in [0.2, 0.25) is 0 Å². The Morgan fingerprint density at radius 3 is 2.29 bits per heavy atom. The Bertz CT molecular complexity index is 1620. The van der Waals surface area contributed by atoms with E-state index in [9.17, 15) is 39.6 Å². The van der Waals surface area contributed by atoms with Crippen molar-refractivity contribution < 1.29 is 34.8 Å². The number of aromatic nitrogens is 7. The Morgan fingerprint density at radius 2 is 1.71 bits per heavy atom. The maximum Gasteiger partial charge on any atom is 0.453 e. The van der Waals surface area contributed by atoms with Gasteiger partial charge in [-0.15, -0.1) is 5.10 Å². The topological polar surface area (TPSA) is 117 Å². The molecule has 17 heteroatoms. The Hall–Kier alpha value is -3.76. The van der Waals surface area contributed by atoms with E-state index in [2.05, 4.69) is 20.1 Å². The van der Waals surface area contributed by atoms with Crippen molar-refractivity contribution in [3.8, 4) is 17.2 Å². The summed E-state index contributed by atoms with van der Waals surface area (Å²) in [6.07, 6.45) is -8.03. The van der Waals surface area contributed by atoms with Crippen LogP contribution in [0.2, 0.25) is 0 Å². The number of halogens is 6. The zero-order valence-corrected chi connectivity index (χ0v) is 18.4. The molecule has 0 N–H and O–H groups in total. The number of nitrogens with zero attached hydrogens (tertiary/aromatic N) is 7. The van der Waals surface area contributed by atoms with Gasteiger partial charge in [-0.1, -0.05) is 6.92 Å². The third kappa shape index (κ3) is 4.26. The first-order valence-corrected chi connectivity index (χ1v) is 11.2. The van der Waals surface area contributed by atoms with E-state index in [1.54, 1.807) is 0 Å². The quantitative estimate of drug-likeness (QED) is 0.379. The molecule has 0 fully saturated rings. The SMILES string of the molecule is CCS(=O)(=O)c1ccc(-n2cnc(C(F)(F)F)n2)nc1-c1cn2c(=O)n(C)c(C(F)(F)F)cc2n1. The van der Waals surface area contributed by atoms with Crippen LogP contribution in [-0.4, -0.2) is 47.9 Å². The van der Waals surface area contributed by atoms with Crippen molar-refractivity contribution in [2.45, 2.75) is 24.2 Å². The highest BCUT2D eigenvalue weighted by Crippen LogP contribution is 2.31. The second-order valence-electron chi connectivity index (χ2n) is 7.15. The normalized spacial score (nSPS) is 13.0. The molecule has 4 aromatic rings. The van der Waals surface area contributed by atoms with Crippen LogP contribution in [-0.2, 0) is 29.2 Å². The van der Waals surface area contributed by atoms with E-state index in [-0.39, 0.29) is 11.5 Å².